The summed E-state index contributed by atoms with van der Waals surface area (Å²) in [6, 6.07) is -0.385. The molecule has 0 aromatic heterocycles. The smallest absolute Gasteiger partial charge is 0.244 e. The Bertz CT molecular complexity index is 217. The SMILES string of the molecule is CN(CCO)C(=O)[C@@H]1CCC(=O)N1. The van der Waals surface area contributed by atoms with Gasteiger partial charge in [0, 0.05) is 20.0 Å². The number of rotatable bonds is 3. The maximum atomic E-state index is 11.5. The number of hydrogen-bond acceptors (Lipinski definition) is 3. The van der Waals surface area contributed by atoms with Gasteiger partial charge in [-0.1, -0.05) is 0 Å². The van der Waals surface area contributed by atoms with E-state index in [2.05, 4.69) is 5.32 Å². The third kappa shape index (κ3) is 2.42. The Hall–Kier alpha value is -1.10. The number of carbonyl (C=O) groups is 2. The Labute approximate surface area is 76.7 Å². The lowest BCUT2D eigenvalue weighted by Crippen LogP contribution is -2.43. The number of aliphatic hydroxyl groups excluding tert-OH is 1. The van der Waals surface area contributed by atoms with Crippen molar-refractivity contribution in [3.8, 4) is 0 Å². The molecule has 0 unspecified atom stereocenters. The van der Waals surface area contributed by atoms with E-state index in [-0.39, 0.29) is 24.5 Å². The lowest BCUT2D eigenvalue weighted by atomic mass is 10.2. The molecule has 74 valence electrons. The van der Waals surface area contributed by atoms with Crippen LogP contribution < -0.4 is 5.32 Å². The fraction of sp³-hybridized carbons (Fsp3) is 0.750. The first-order valence-electron chi connectivity index (χ1n) is 4.30. The second-order valence-corrected chi connectivity index (χ2v) is 3.14. The van der Waals surface area contributed by atoms with Crippen molar-refractivity contribution >= 4 is 11.8 Å². The molecule has 1 heterocycles. The largest absolute Gasteiger partial charge is 0.395 e. The van der Waals surface area contributed by atoms with Crippen LogP contribution in [0.4, 0.5) is 0 Å². The zero-order valence-corrected chi connectivity index (χ0v) is 7.62. The van der Waals surface area contributed by atoms with Crippen molar-refractivity contribution in [3.05, 3.63) is 0 Å². The number of nitrogens with zero attached hydrogens (tertiary/aromatic N) is 1. The molecule has 1 aliphatic heterocycles. The lowest BCUT2D eigenvalue weighted by molar-refractivity contribution is -0.133. The summed E-state index contributed by atoms with van der Waals surface area (Å²) in [5, 5.41) is 11.2. The zero-order chi connectivity index (χ0) is 9.84. The van der Waals surface area contributed by atoms with Gasteiger partial charge in [0.25, 0.3) is 0 Å². The summed E-state index contributed by atoms with van der Waals surface area (Å²) >= 11 is 0. The molecule has 0 radical (unpaired) electrons. The topological polar surface area (TPSA) is 69.6 Å². The molecular weight excluding hydrogens is 172 g/mol. The maximum absolute atomic E-state index is 11.5. The highest BCUT2D eigenvalue weighted by Crippen LogP contribution is 2.08. The lowest BCUT2D eigenvalue weighted by Gasteiger charge is -2.19. The molecule has 5 nitrogen and oxygen atoms in total. The van der Waals surface area contributed by atoms with Gasteiger partial charge in [0.1, 0.15) is 6.04 Å². The van der Waals surface area contributed by atoms with Gasteiger partial charge in [-0.25, -0.2) is 0 Å². The summed E-state index contributed by atoms with van der Waals surface area (Å²) in [4.78, 5) is 23.7. The van der Waals surface area contributed by atoms with Crippen molar-refractivity contribution < 1.29 is 14.7 Å². The minimum Gasteiger partial charge on any atom is -0.395 e. The Morgan fingerprint density at radius 1 is 1.77 bits per heavy atom. The third-order valence-electron chi connectivity index (χ3n) is 2.11. The molecule has 0 bridgehead atoms. The Morgan fingerprint density at radius 3 is 2.92 bits per heavy atom. The zero-order valence-electron chi connectivity index (χ0n) is 7.62. The van der Waals surface area contributed by atoms with Crippen LogP contribution >= 0.6 is 0 Å². The third-order valence-corrected chi connectivity index (χ3v) is 2.11. The molecule has 2 amide bonds. The van der Waals surface area contributed by atoms with Crippen LogP contribution in [0.5, 0.6) is 0 Å². The summed E-state index contributed by atoms with van der Waals surface area (Å²) in [6.07, 6.45) is 0.983. The van der Waals surface area contributed by atoms with Gasteiger partial charge in [-0.15, -0.1) is 0 Å². The van der Waals surface area contributed by atoms with E-state index in [1.165, 1.54) is 4.90 Å². The van der Waals surface area contributed by atoms with Crippen molar-refractivity contribution in [1.29, 1.82) is 0 Å². The molecule has 1 saturated heterocycles. The van der Waals surface area contributed by atoms with E-state index in [9.17, 15) is 9.59 Å². The fourth-order valence-electron chi connectivity index (χ4n) is 1.33. The first-order valence-corrected chi connectivity index (χ1v) is 4.30. The summed E-state index contributed by atoms with van der Waals surface area (Å²) < 4.78 is 0. The van der Waals surface area contributed by atoms with Crippen LogP contribution in [0, 0.1) is 0 Å². The molecule has 1 atom stereocenters. The highest BCUT2D eigenvalue weighted by molar-refractivity contribution is 5.90. The van der Waals surface area contributed by atoms with Crippen LogP contribution in [0.25, 0.3) is 0 Å². The summed E-state index contributed by atoms with van der Waals surface area (Å²) in [7, 11) is 1.61. The number of amides is 2. The fourth-order valence-corrected chi connectivity index (χ4v) is 1.33. The molecule has 1 aliphatic rings. The minimum atomic E-state index is -0.385. The molecular formula is C8H14N2O3. The molecule has 1 fully saturated rings. The highest BCUT2D eigenvalue weighted by Gasteiger charge is 2.28. The van der Waals surface area contributed by atoms with Crippen LogP contribution in [-0.4, -0.2) is 48.1 Å². The van der Waals surface area contributed by atoms with E-state index in [1.807, 2.05) is 0 Å². The normalized spacial score (nSPS) is 21.4. The van der Waals surface area contributed by atoms with Crippen LogP contribution in [0.2, 0.25) is 0 Å². The van der Waals surface area contributed by atoms with Crippen molar-refractivity contribution in [2.24, 2.45) is 0 Å². The molecule has 13 heavy (non-hydrogen) atoms. The van der Waals surface area contributed by atoms with E-state index in [1.54, 1.807) is 7.05 Å². The summed E-state index contributed by atoms with van der Waals surface area (Å²) in [5.74, 6) is -0.198. The quantitative estimate of drug-likeness (QED) is 0.576. The van der Waals surface area contributed by atoms with Gasteiger partial charge in [-0.2, -0.15) is 0 Å². The van der Waals surface area contributed by atoms with Crippen LogP contribution in [0.3, 0.4) is 0 Å². The van der Waals surface area contributed by atoms with Gasteiger partial charge >= 0.3 is 0 Å². The van der Waals surface area contributed by atoms with Gasteiger partial charge in [0.05, 0.1) is 6.61 Å². The molecule has 5 heteroatoms. The summed E-state index contributed by atoms with van der Waals surface area (Å²) in [5.41, 5.74) is 0. The van der Waals surface area contributed by atoms with E-state index in [0.717, 1.165) is 0 Å². The van der Waals surface area contributed by atoms with E-state index in [0.29, 0.717) is 19.4 Å². The van der Waals surface area contributed by atoms with E-state index < -0.39 is 0 Å². The highest BCUT2D eigenvalue weighted by atomic mass is 16.3. The van der Waals surface area contributed by atoms with E-state index >= 15 is 0 Å². The maximum Gasteiger partial charge on any atom is 0.244 e. The number of likely N-dealkylation sites (N-methyl/N-ethyl adjacent to an activating group) is 1. The average Bonchev–Trinajstić information content (AvgIpc) is 2.51. The summed E-state index contributed by atoms with van der Waals surface area (Å²) in [6.45, 7) is 0.258. The van der Waals surface area contributed by atoms with Gasteiger partial charge in [-0.05, 0) is 6.42 Å². The molecule has 2 N–H and O–H groups in total. The number of hydrogen-bond donors (Lipinski definition) is 2. The number of aliphatic hydroxyl groups is 1. The molecule has 0 aromatic carbocycles. The van der Waals surface area contributed by atoms with Crippen LogP contribution in [0.15, 0.2) is 0 Å². The Morgan fingerprint density at radius 2 is 2.46 bits per heavy atom. The molecule has 0 saturated carbocycles. The standard InChI is InChI=1S/C8H14N2O3/c1-10(4-5-11)8(13)6-2-3-7(12)9-6/h6,11H,2-5H2,1H3,(H,9,12)/t6-/m0/s1. The predicted molar refractivity (Wildman–Crippen MR) is 45.9 cm³/mol. The first kappa shape index (κ1) is 9.98. The molecule has 0 spiro atoms. The van der Waals surface area contributed by atoms with Crippen molar-refractivity contribution in [1.82, 2.24) is 10.2 Å². The monoisotopic (exact) mass is 186 g/mol. The number of carbonyl (C=O) groups excluding carboxylic acids is 2. The van der Waals surface area contributed by atoms with Gasteiger partial charge in [0.2, 0.25) is 11.8 Å². The Kier molecular flexibility index (Phi) is 3.25. The second kappa shape index (κ2) is 4.23. The predicted octanol–water partition coefficient (Wildman–Crippen LogP) is -1.28. The Balaban J connectivity index is 2.43. The molecule has 1 rings (SSSR count). The van der Waals surface area contributed by atoms with Gasteiger partial charge < -0.3 is 15.3 Å². The van der Waals surface area contributed by atoms with Gasteiger partial charge in [-0.3, -0.25) is 9.59 Å². The van der Waals surface area contributed by atoms with Gasteiger partial charge in [0.15, 0.2) is 0 Å². The second-order valence-electron chi connectivity index (χ2n) is 3.14. The van der Waals surface area contributed by atoms with Crippen molar-refractivity contribution in [2.45, 2.75) is 18.9 Å². The van der Waals surface area contributed by atoms with Crippen LogP contribution in [-0.2, 0) is 9.59 Å². The number of nitrogens with one attached hydrogen (secondary N) is 1. The van der Waals surface area contributed by atoms with Crippen molar-refractivity contribution in [2.75, 3.05) is 20.2 Å². The average molecular weight is 186 g/mol. The van der Waals surface area contributed by atoms with E-state index in [4.69, 9.17) is 5.11 Å². The molecule has 0 aliphatic carbocycles. The minimum absolute atomic E-state index is 0.0527. The van der Waals surface area contributed by atoms with Crippen LogP contribution in [0.1, 0.15) is 12.8 Å². The molecule has 0 aromatic rings. The first-order chi connectivity index (χ1) is 6.15. The van der Waals surface area contributed by atoms with Crippen molar-refractivity contribution in [3.63, 3.8) is 0 Å².